The molecule has 0 spiro atoms. The molecule has 3 heteroatoms. The summed E-state index contributed by atoms with van der Waals surface area (Å²) >= 11 is 3.55. The summed E-state index contributed by atoms with van der Waals surface area (Å²) in [6, 6.07) is 0. The zero-order valence-electron chi connectivity index (χ0n) is 9.63. The van der Waals surface area contributed by atoms with E-state index in [1.807, 2.05) is 0 Å². The van der Waals surface area contributed by atoms with Gasteiger partial charge in [-0.3, -0.25) is 0 Å². The van der Waals surface area contributed by atoms with Gasteiger partial charge in [0.15, 0.2) is 0 Å². The Labute approximate surface area is 102 Å². The molecule has 2 heterocycles. The molecule has 0 aromatic heterocycles. The molecule has 1 atom stereocenters. The van der Waals surface area contributed by atoms with E-state index in [2.05, 4.69) is 25.7 Å². The number of likely N-dealkylation sites (tertiary alicyclic amines) is 2. The van der Waals surface area contributed by atoms with Crippen LogP contribution in [0.15, 0.2) is 0 Å². The molecule has 0 aromatic rings. The third-order valence-corrected chi connectivity index (χ3v) is 4.28. The van der Waals surface area contributed by atoms with Crippen LogP contribution in [0.1, 0.15) is 25.7 Å². The van der Waals surface area contributed by atoms with E-state index < -0.39 is 0 Å². The Balaban J connectivity index is 1.59. The molecule has 2 saturated heterocycles. The number of halogens is 1. The van der Waals surface area contributed by atoms with Gasteiger partial charge >= 0.3 is 0 Å². The second-order valence-corrected chi connectivity index (χ2v) is 5.77. The van der Waals surface area contributed by atoms with Crippen molar-refractivity contribution in [3.63, 3.8) is 0 Å². The lowest BCUT2D eigenvalue weighted by molar-refractivity contribution is 0.252. The molecule has 15 heavy (non-hydrogen) atoms. The van der Waals surface area contributed by atoms with Gasteiger partial charge in [-0.1, -0.05) is 15.9 Å². The quantitative estimate of drug-likeness (QED) is 0.710. The molecule has 0 aromatic carbocycles. The van der Waals surface area contributed by atoms with Crippen LogP contribution in [0.25, 0.3) is 0 Å². The van der Waals surface area contributed by atoms with Gasteiger partial charge in [0.25, 0.3) is 0 Å². The fourth-order valence-corrected chi connectivity index (χ4v) is 3.44. The first kappa shape index (κ1) is 11.9. The fraction of sp³-hybridized carbons (Fsp3) is 1.00. The Kier molecular flexibility index (Phi) is 4.92. The molecule has 0 radical (unpaired) electrons. The van der Waals surface area contributed by atoms with Gasteiger partial charge < -0.3 is 9.80 Å². The van der Waals surface area contributed by atoms with Crippen LogP contribution in [0.4, 0.5) is 0 Å². The number of nitrogens with zero attached hydrogens (tertiary/aromatic N) is 2. The van der Waals surface area contributed by atoms with Crippen molar-refractivity contribution in [2.75, 3.05) is 44.6 Å². The minimum absolute atomic E-state index is 0.961. The highest BCUT2D eigenvalue weighted by molar-refractivity contribution is 9.09. The molecule has 2 aliphatic heterocycles. The first-order valence-corrected chi connectivity index (χ1v) is 7.51. The largest absolute Gasteiger partial charge is 0.302 e. The summed E-state index contributed by atoms with van der Waals surface area (Å²) in [7, 11) is 0. The number of hydrogen-bond donors (Lipinski definition) is 0. The number of hydrogen-bond acceptors (Lipinski definition) is 2. The average Bonchev–Trinajstić information content (AvgIpc) is 2.85. The van der Waals surface area contributed by atoms with Crippen LogP contribution in [-0.2, 0) is 0 Å². The van der Waals surface area contributed by atoms with E-state index in [9.17, 15) is 0 Å². The van der Waals surface area contributed by atoms with Crippen molar-refractivity contribution < 1.29 is 0 Å². The van der Waals surface area contributed by atoms with Crippen LogP contribution < -0.4 is 0 Å². The lowest BCUT2D eigenvalue weighted by Crippen LogP contribution is -2.32. The molecular weight excluding hydrogens is 252 g/mol. The van der Waals surface area contributed by atoms with E-state index in [1.54, 1.807) is 0 Å². The van der Waals surface area contributed by atoms with Gasteiger partial charge in [-0.15, -0.1) is 0 Å². The smallest absolute Gasteiger partial charge is 0.0109 e. The Morgan fingerprint density at radius 2 is 1.73 bits per heavy atom. The van der Waals surface area contributed by atoms with E-state index in [1.165, 1.54) is 70.3 Å². The van der Waals surface area contributed by atoms with Crippen LogP contribution in [0.3, 0.4) is 0 Å². The van der Waals surface area contributed by atoms with Crippen LogP contribution in [0.2, 0.25) is 0 Å². The zero-order valence-corrected chi connectivity index (χ0v) is 11.2. The van der Waals surface area contributed by atoms with Crippen molar-refractivity contribution in [2.24, 2.45) is 5.92 Å². The molecule has 2 rings (SSSR count). The molecule has 2 nitrogen and oxygen atoms in total. The molecule has 0 amide bonds. The van der Waals surface area contributed by atoms with E-state index >= 15 is 0 Å². The standard InChI is InChI=1S/C12H23BrN2/c13-5-3-12-4-8-15(11-12)10-9-14-6-1-2-7-14/h12H,1-11H2. The number of rotatable bonds is 5. The predicted molar refractivity (Wildman–Crippen MR) is 68.6 cm³/mol. The summed E-state index contributed by atoms with van der Waals surface area (Å²) < 4.78 is 0. The van der Waals surface area contributed by atoms with Crippen molar-refractivity contribution in [3.8, 4) is 0 Å². The van der Waals surface area contributed by atoms with Crippen LogP contribution in [0.5, 0.6) is 0 Å². The Morgan fingerprint density at radius 1 is 1.00 bits per heavy atom. The zero-order chi connectivity index (χ0) is 10.5. The van der Waals surface area contributed by atoms with Gasteiger partial charge in [0.1, 0.15) is 0 Å². The molecular formula is C12H23BrN2. The number of alkyl halides is 1. The maximum Gasteiger partial charge on any atom is 0.0109 e. The van der Waals surface area contributed by atoms with Crippen LogP contribution in [0, 0.1) is 5.92 Å². The minimum Gasteiger partial charge on any atom is -0.302 e. The molecule has 1 unspecified atom stereocenters. The summed E-state index contributed by atoms with van der Waals surface area (Å²) in [6.07, 6.45) is 5.63. The van der Waals surface area contributed by atoms with Crippen molar-refractivity contribution in [1.82, 2.24) is 9.80 Å². The highest BCUT2D eigenvalue weighted by Crippen LogP contribution is 2.20. The van der Waals surface area contributed by atoms with E-state index in [0.29, 0.717) is 0 Å². The Morgan fingerprint density at radius 3 is 2.47 bits per heavy atom. The minimum atomic E-state index is 0.961. The highest BCUT2D eigenvalue weighted by Gasteiger charge is 2.22. The lowest BCUT2D eigenvalue weighted by atomic mass is 10.1. The Hall–Kier alpha value is 0.400. The lowest BCUT2D eigenvalue weighted by Gasteiger charge is -2.20. The van der Waals surface area contributed by atoms with E-state index in [-0.39, 0.29) is 0 Å². The first-order chi connectivity index (χ1) is 7.38. The van der Waals surface area contributed by atoms with Gasteiger partial charge in [-0.2, -0.15) is 0 Å². The Bertz CT molecular complexity index is 180. The van der Waals surface area contributed by atoms with Crippen molar-refractivity contribution in [1.29, 1.82) is 0 Å². The van der Waals surface area contributed by atoms with Gasteiger partial charge in [-0.25, -0.2) is 0 Å². The second kappa shape index (κ2) is 6.21. The summed E-state index contributed by atoms with van der Waals surface area (Å²) in [4.78, 5) is 5.28. The third-order valence-electron chi connectivity index (χ3n) is 3.82. The predicted octanol–water partition coefficient (Wildman–Crippen LogP) is 2.19. The van der Waals surface area contributed by atoms with Gasteiger partial charge in [-0.05, 0) is 51.2 Å². The molecule has 0 bridgehead atoms. The molecule has 0 saturated carbocycles. The summed E-state index contributed by atoms with van der Waals surface area (Å²) in [5.74, 6) is 0.961. The normalized spacial score (nSPS) is 29.0. The summed E-state index contributed by atoms with van der Waals surface area (Å²) in [5, 5.41) is 1.18. The molecule has 88 valence electrons. The monoisotopic (exact) mass is 274 g/mol. The van der Waals surface area contributed by atoms with E-state index in [4.69, 9.17) is 0 Å². The average molecular weight is 275 g/mol. The van der Waals surface area contributed by atoms with E-state index in [0.717, 1.165) is 5.92 Å². The van der Waals surface area contributed by atoms with Crippen molar-refractivity contribution in [3.05, 3.63) is 0 Å². The fourth-order valence-electron chi connectivity index (χ4n) is 2.79. The maximum absolute atomic E-state index is 3.55. The maximum atomic E-state index is 3.55. The van der Waals surface area contributed by atoms with Gasteiger partial charge in [0.2, 0.25) is 0 Å². The third kappa shape index (κ3) is 3.72. The topological polar surface area (TPSA) is 6.48 Å². The molecule has 0 N–H and O–H groups in total. The summed E-state index contributed by atoms with van der Waals surface area (Å²) in [5.41, 5.74) is 0. The molecule has 2 aliphatic rings. The van der Waals surface area contributed by atoms with Crippen LogP contribution >= 0.6 is 15.9 Å². The van der Waals surface area contributed by atoms with Gasteiger partial charge in [0.05, 0.1) is 0 Å². The first-order valence-electron chi connectivity index (χ1n) is 6.39. The second-order valence-electron chi connectivity index (χ2n) is 4.98. The SMILES string of the molecule is BrCCC1CCN(CCN2CCCC2)C1. The molecule has 2 fully saturated rings. The van der Waals surface area contributed by atoms with Gasteiger partial charge in [0, 0.05) is 25.0 Å². The summed E-state index contributed by atoms with van der Waals surface area (Å²) in [6.45, 7) is 7.99. The highest BCUT2D eigenvalue weighted by atomic mass is 79.9. The van der Waals surface area contributed by atoms with Crippen molar-refractivity contribution in [2.45, 2.75) is 25.7 Å². The molecule has 0 aliphatic carbocycles. The van der Waals surface area contributed by atoms with Crippen molar-refractivity contribution >= 4 is 15.9 Å². The van der Waals surface area contributed by atoms with Crippen LogP contribution in [-0.4, -0.2) is 54.4 Å².